The van der Waals surface area contributed by atoms with Gasteiger partial charge in [-0.15, -0.1) is 10.2 Å². The second kappa shape index (κ2) is 15.4. The Morgan fingerprint density at radius 1 is 1.02 bits per heavy atom. The predicted octanol–water partition coefficient (Wildman–Crippen LogP) is 3.92. The summed E-state index contributed by atoms with van der Waals surface area (Å²) in [4.78, 5) is 59.4. The second-order valence-electron chi connectivity index (χ2n) is 8.12. The third-order valence-corrected chi connectivity index (χ3v) is 5.21. The highest BCUT2D eigenvalue weighted by Gasteiger charge is 2.19. The summed E-state index contributed by atoms with van der Waals surface area (Å²) < 4.78 is 20.1. The first-order chi connectivity index (χ1) is 19.1. The summed E-state index contributed by atoms with van der Waals surface area (Å²) in [5.41, 5.74) is -0.372. The molecule has 2 aromatic carbocycles. The summed E-state index contributed by atoms with van der Waals surface area (Å²) >= 11 is 0. The van der Waals surface area contributed by atoms with Crippen molar-refractivity contribution in [3.05, 3.63) is 65.0 Å². The fourth-order valence-electron chi connectivity index (χ4n) is 3.08. The molecular weight excluding hydrogens is 526 g/mol. The van der Waals surface area contributed by atoms with Gasteiger partial charge < -0.3 is 34.2 Å². The first-order valence-electron chi connectivity index (χ1n) is 11.9. The minimum absolute atomic E-state index is 0.0410. The number of benzene rings is 2. The van der Waals surface area contributed by atoms with Crippen LogP contribution >= 0.6 is 0 Å². The molecule has 0 aliphatic carbocycles. The van der Waals surface area contributed by atoms with Crippen molar-refractivity contribution >= 4 is 41.5 Å². The summed E-state index contributed by atoms with van der Waals surface area (Å²) in [6.45, 7) is 2.65. The number of azo groups is 1. The van der Waals surface area contributed by atoms with Gasteiger partial charge in [-0.3, -0.25) is 9.59 Å². The van der Waals surface area contributed by atoms with Gasteiger partial charge in [0.1, 0.15) is 36.7 Å². The van der Waals surface area contributed by atoms with Crippen molar-refractivity contribution < 1.29 is 48.0 Å². The Hall–Kier alpha value is -5.07. The van der Waals surface area contributed by atoms with E-state index < -0.39 is 41.2 Å². The van der Waals surface area contributed by atoms with Crippen molar-refractivity contribution in [3.63, 3.8) is 0 Å². The van der Waals surface area contributed by atoms with Crippen LogP contribution in [0.15, 0.2) is 64.1 Å². The number of rotatable bonds is 13. The number of aliphatic hydroxyl groups is 1. The fraction of sp³-hybridized carbons (Fsp3) is 0.296. The van der Waals surface area contributed by atoms with E-state index in [1.54, 1.807) is 25.1 Å². The Morgan fingerprint density at radius 2 is 1.73 bits per heavy atom. The van der Waals surface area contributed by atoms with Gasteiger partial charge in [-0.1, -0.05) is 19.1 Å². The summed E-state index contributed by atoms with van der Waals surface area (Å²) in [7, 11) is 2.34. The van der Waals surface area contributed by atoms with E-state index in [9.17, 15) is 29.1 Å². The zero-order valence-corrected chi connectivity index (χ0v) is 22.3. The number of amides is 1. The molecule has 0 heterocycles. The molecule has 40 heavy (non-hydrogen) atoms. The highest BCUT2D eigenvalue weighted by molar-refractivity contribution is 6.04. The maximum Gasteiger partial charge on any atom is 0.340 e. The quantitative estimate of drug-likeness (QED) is 0.0699. The van der Waals surface area contributed by atoms with Crippen LogP contribution in [0.4, 0.5) is 11.4 Å². The third-order valence-electron chi connectivity index (χ3n) is 5.21. The van der Waals surface area contributed by atoms with E-state index in [2.05, 4.69) is 20.3 Å². The Bertz CT molecular complexity index is 1320. The summed E-state index contributed by atoms with van der Waals surface area (Å²) in [6, 6.07) is 10.2. The number of esters is 3. The monoisotopic (exact) mass is 555 g/mol. The number of hydrogen-bond acceptors (Lipinski definition) is 12. The van der Waals surface area contributed by atoms with Crippen LogP contribution in [0.25, 0.3) is 0 Å². The van der Waals surface area contributed by atoms with Gasteiger partial charge in [-0.05, 0) is 37.3 Å². The smallest absolute Gasteiger partial charge is 0.340 e. The molecule has 2 rings (SSSR count). The minimum atomic E-state index is -0.863. The fourth-order valence-corrected chi connectivity index (χ4v) is 3.08. The number of allylic oxidation sites excluding steroid dienone is 1. The van der Waals surface area contributed by atoms with Gasteiger partial charge in [0, 0.05) is 6.42 Å². The zero-order chi connectivity index (χ0) is 29.7. The summed E-state index contributed by atoms with van der Waals surface area (Å²) in [5, 5.41) is 20.4. The number of carbonyl (C=O) groups excluding carboxylic acids is 5. The van der Waals surface area contributed by atoms with Crippen molar-refractivity contribution in [1.29, 1.82) is 0 Å². The van der Waals surface area contributed by atoms with Crippen LogP contribution in [-0.4, -0.2) is 62.6 Å². The molecule has 0 bridgehead atoms. The molecule has 212 valence electrons. The van der Waals surface area contributed by atoms with Gasteiger partial charge >= 0.3 is 17.9 Å². The molecule has 0 aliphatic heterocycles. The lowest BCUT2D eigenvalue weighted by Gasteiger charge is -2.13. The van der Waals surface area contributed by atoms with Crippen LogP contribution in [0.2, 0.25) is 0 Å². The number of ether oxygens (including phenoxy) is 4. The van der Waals surface area contributed by atoms with Gasteiger partial charge in [-0.2, -0.15) is 0 Å². The number of para-hydroxylation sites is 2. The Labute approximate surface area is 229 Å². The lowest BCUT2D eigenvalue weighted by Crippen LogP contribution is -2.19. The molecule has 1 amide bonds. The zero-order valence-electron chi connectivity index (χ0n) is 22.3. The average molecular weight is 556 g/mol. The number of hydrogen-bond donors (Lipinski definition) is 2. The maximum absolute atomic E-state index is 13.0. The van der Waals surface area contributed by atoms with Crippen LogP contribution in [0.5, 0.6) is 5.75 Å². The SMILES string of the molecule is COC(=O)c1ccc(C(=O)OC)c(N=NC(C(=O)Nc2ccccc2OCCOC(=O)C(C)CC=O)=C(C)O)c1. The van der Waals surface area contributed by atoms with Crippen LogP contribution < -0.4 is 10.1 Å². The first-order valence-corrected chi connectivity index (χ1v) is 11.9. The van der Waals surface area contributed by atoms with Gasteiger partial charge in [0.05, 0.1) is 37.0 Å². The molecule has 0 fully saturated rings. The highest BCUT2D eigenvalue weighted by Crippen LogP contribution is 2.27. The molecule has 0 aromatic heterocycles. The molecule has 2 aromatic rings. The van der Waals surface area contributed by atoms with E-state index in [1.807, 2.05) is 0 Å². The van der Waals surface area contributed by atoms with E-state index in [1.165, 1.54) is 38.3 Å². The van der Waals surface area contributed by atoms with Crippen molar-refractivity contribution in [2.75, 3.05) is 32.8 Å². The van der Waals surface area contributed by atoms with Crippen molar-refractivity contribution in [2.24, 2.45) is 16.1 Å². The highest BCUT2D eigenvalue weighted by atomic mass is 16.6. The number of aldehydes is 1. The van der Waals surface area contributed by atoms with E-state index in [0.29, 0.717) is 6.29 Å². The normalized spacial score (nSPS) is 12.1. The van der Waals surface area contributed by atoms with E-state index in [4.69, 9.17) is 14.2 Å². The van der Waals surface area contributed by atoms with Crippen molar-refractivity contribution in [3.8, 4) is 5.75 Å². The molecule has 0 saturated heterocycles. The molecule has 0 saturated carbocycles. The third kappa shape index (κ3) is 8.75. The molecular formula is C27H29N3O10. The molecule has 0 aliphatic rings. The summed E-state index contributed by atoms with van der Waals surface area (Å²) in [5.74, 6) is -3.69. The Morgan fingerprint density at radius 3 is 2.38 bits per heavy atom. The van der Waals surface area contributed by atoms with Crippen LogP contribution in [0.1, 0.15) is 41.0 Å². The van der Waals surface area contributed by atoms with Crippen LogP contribution in [0, 0.1) is 5.92 Å². The number of methoxy groups -OCH3 is 2. The maximum atomic E-state index is 13.0. The predicted molar refractivity (Wildman–Crippen MR) is 140 cm³/mol. The number of carbonyl (C=O) groups is 5. The standard InChI is InChI=1S/C27H29N3O10/c1-16(11-12-31)25(34)40-14-13-39-22-8-6-5-7-20(22)28-24(33)23(17(2)32)30-29-21-15-18(26(35)37-3)9-10-19(21)27(36)38-4/h5-10,12,15-16,32H,11,13-14H2,1-4H3,(H,28,33). The van der Waals surface area contributed by atoms with Gasteiger partial charge in [0.25, 0.3) is 5.91 Å². The lowest BCUT2D eigenvalue weighted by atomic mass is 10.1. The van der Waals surface area contributed by atoms with Gasteiger partial charge in [-0.25, -0.2) is 9.59 Å². The second-order valence-corrected chi connectivity index (χ2v) is 8.12. The number of anilines is 1. The average Bonchev–Trinajstić information content (AvgIpc) is 2.95. The van der Waals surface area contributed by atoms with E-state index in [-0.39, 0.29) is 47.9 Å². The van der Waals surface area contributed by atoms with Crippen molar-refractivity contribution in [1.82, 2.24) is 0 Å². The van der Waals surface area contributed by atoms with Crippen LogP contribution in [0.3, 0.4) is 0 Å². The van der Waals surface area contributed by atoms with Crippen molar-refractivity contribution in [2.45, 2.75) is 20.3 Å². The number of nitrogens with one attached hydrogen (secondary N) is 1. The van der Waals surface area contributed by atoms with E-state index in [0.717, 1.165) is 7.11 Å². The molecule has 0 radical (unpaired) electrons. The largest absolute Gasteiger partial charge is 0.510 e. The topological polar surface area (TPSA) is 179 Å². The number of nitrogens with zero attached hydrogens (tertiary/aromatic N) is 2. The molecule has 1 atom stereocenters. The van der Waals surface area contributed by atoms with Gasteiger partial charge in [0.15, 0.2) is 5.70 Å². The Balaban J connectivity index is 2.20. The molecule has 13 nitrogen and oxygen atoms in total. The molecule has 1 unspecified atom stereocenters. The summed E-state index contributed by atoms with van der Waals surface area (Å²) in [6.07, 6.45) is 0.682. The van der Waals surface area contributed by atoms with E-state index >= 15 is 0 Å². The van der Waals surface area contributed by atoms with Crippen LogP contribution in [-0.2, 0) is 28.6 Å². The molecule has 2 N–H and O–H groups in total. The van der Waals surface area contributed by atoms with Gasteiger partial charge in [0.2, 0.25) is 0 Å². The lowest BCUT2D eigenvalue weighted by molar-refractivity contribution is -0.149. The molecule has 13 heteroatoms. The first kappa shape index (κ1) is 31.1. The minimum Gasteiger partial charge on any atom is -0.510 e. The number of aliphatic hydroxyl groups excluding tert-OH is 1. The molecule has 0 spiro atoms. The Kier molecular flexibility index (Phi) is 12.0.